The zero-order chi connectivity index (χ0) is 19.6. The zero-order valence-electron chi connectivity index (χ0n) is 18.1. The fraction of sp³-hybridized carbons (Fsp3) is 0.826. The van der Waals surface area contributed by atoms with E-state index in [2.05, 4.69) is 66.4 Å². The Bertz CT molecular complexity index is 612. The van der Waals surface area contributed by atoms with Crippen molar-refractivity contribution in [3.63, 3.8) is 0 Å². The maximum atomic E-state index is 12.0. The molecule has 0 saturated heterocycles. The molecule has 4 atom stereocenters. The maximum Gasteiger partial charge on any atom is 0.192 e. The van der Waals surface area contributed by atoms with Gasteiger partial charge in [0.1, 0.15) is 0 Å². The highest BCUT2D eigenvalue weighted by Crippen LogP contribution is 2.72. The topological polar surface area (TPSA) is 29.5 Å². The molecule has 0 radical (unpaired) electrons. The van der Waals surface area contributed by atoms with Gasteiger partial charge in [0.15, 0.2) is 8.32 Å². The van der Waals surface area contributed by atoms with E-state index >= 15 is 0 Å². The molecule has 3 rings (SSSR count). The molecule has 2 fully saturated rings. The van der Waals surface area contributed by atoms with Crippen LogP contribution in [-0.2, 0) is 4.43 Å². The van der Waals surface area contributed by atoms with Crippen molar-refractivity contribution in [3.05, 3.63) is 24.3 Å². The Balaban J connectivity index is 1.92. The maximum absolute atomic E-state index is 12.0. The van der Waals surface area contributed by atoms with Crippen LogP contribution in [0.25, 0.3) is 0 Å². The van der Waals surface area contributed by atoms with Gasteiger partial charge in [0.2, 0.25) is 0 Å². The minimum absolute atomic E-state index is 0.123. The fourth-order valence-corrected chi connectivity index (χ4v) is 7.21. The van der Waals surface area contributed by atoms with Crippen LogP contribution in [0.5, 0.6) is 0 Å². The predicted molar refractivity (Wildman–Crippen MR) is 113 cm³/mol. The van der Waals surface area contributed by atoms with E-state index in [1.807, 2.05) is 0 Å². The van der Waals surface area contributed by atoms with Crippen LogP contribution < -0.4 is 0 Å². The number of aliphatic hydroxyl groups is 1. The monoisotopic (exact) mass is 376 g/mol. The van der Waals surface area contributed by atoms with Crippen LogP contribution in [0.3, 0.4) is 0 Å². The summed E-state index contributed by atoms with van der Waals surface area (Å²) in [4.78, 5) is 0. The molecule has 2 nitrogen and oxygen atoms in total. The van der Waals surface area contributed by atoms with Crippen LogP contribution in [0.2, 0.25) is 18.1 Å². The molecular weight excluding hydrogens is 336 g/mol. The molecule has 0 aliphatic heterocycles. The third kappa shape index (κ3) is 2.64. The third-order valence-corrected chi connectivity index (χ3v) is 13.3. The first-order chi connectivity index (χ1) is 11.8. The predicted octanol–water partition coefficient (Wildman–Crippen LogP) is 6.23. The standard InChI is InChI=1S/C23H40O2Si/c1-9-22-14-13-18(21(22,5)6)16-23(22,24)17-11-10-12-19(15-17)25-26(7,8)20(2,3)4/h9,15,18-19,24H,1,10-14,16H2,2-8H3/t18-,19-,22-,23+/m0/s1. The van der Waals surface area contributed by atoms with Crippen molar-refractivity contribution < 1.29 is 9.53 Å². The molecule has 2 bridgehead atoms. The lowest BCUT2D eigenvalue weighted by atomic mass is 9.60. The van der Waals surface area contributed by atoms with Crippen LogP contribution in [0, 0.1) is 16.7 Å². The Kier molecular flexibility index (Phi) is 4.74. The zero-order valence-corrected chi connectivity index (χ0v) is 19.1. The van der Waals surface area contributed by atoms with E-state index in [1.54, 1.807) is 0 Å². The molecule has 3 heteroatoms. The Hall–Kier alpha value is -0.383. The summed E-state index contributed by atoms with van der Waals surface area (Å²) in [6, 6.07) is 0. The number of hydrogen-bond acceptors (Lipinski definition) is 2. The summed E-state index contributed by atoms with van der Waals surface area (Å²) in [6.07, 6.45) is 11.0. The number of fused-ring (bicyclic) bond motifs is 2. The summed E-state index contributed by atoms with van der Waals surface area (Å²) in [5.41, 5.74) is 0.450. The minimum atomic E-state index is -1.80. The molecule has 3 aliphatic rings. The third-order valence-electron chi connectivity index (χ3n) is 8.79. The van der Waals surface area contributed by atoms with Gasteiger partial charge in [0.05, 0.1) is 11.7 Å². The molecular formula is C23H40O2Si. The van der Waals surface area contributed by atoms with Gasteiger partial charge in [-0.25, -0.2) is 0 Å². The second-order valence-electron chi connectivity index (χ2n) is 11.2. The van der Waals surface area contributed by atoms with Gasteiger partial charge >= 0.3 is 0 Å². The lowest BCUT2D eigenvalue weighted by Crippen LogP contribution is -2.50. The number of hydrogen-bond donors (Lipinski definition) is 1. The summed E-state index contributed by atoms with van der Waals surface area (Å²) in [6.45, 7) is 20.4. The summed E-state index contributed by atoms with van der Waals surface area (Å²) >= 11 is 0. The first-order valence-electron chi connectivity index (χ1n) is 10.6. The average Bonchev–Trinajstić information content (AvgIpc) is 2.87. The van der Waals surface area contributed by atoms with E-state index in [1.165, 1.54) is 12.0 Å². The van der Waals surface area contributed by atoms with Crippen molar-refractivity contribution in [1.82, 2.24) is 0 Å². The second kappa shape index (κ2) is 6.06. The van der Waals surface area contributed by atoms with Gasteiger partial charge in [-0.2, -0.15) is 0 Å². The molecule has 0 aromatic heterocycles. The first-order valence-corrected chi connectivity index (χ1v) is 13.5. The molecule has 148 valence electrons. The van der Waals surface area contributed by atoms with E-state index in [4.69, 9.17) is 4.43 Å². The first kappa shape index (κ1) is 20.4. The van der Waals surface area contributed by atoms with Crippen molar-refractivity contribution >= 4 is 8.32 Å². The van der Waals surface area contributed by atoms with Gasteiger partial charge < -0.3 is 9.53 Å². The smallest absolute Gasteiger partial charge is 0.192 e. The largest absolute Gasteiger partial charge is 0.411 e. The summed E-state index contributed by atoms with van der Waals surface area (Å²) in [5.74, 6) is 0.591. The van der Waals surface area contributed by atoms with E-state index in [0.29, 0.717) is 5.92 Å². The van der Waals surface area contributed by atoms with Crippen molar-refractivity contribution in [3.8, 4) is 0 Å². The van der Waals surface area contributed by atoms with Crippen LogP contribution in [0.1, 0.15) is 73.1 Å². The lowest BCUT2D eigenvalue weighted by Gasteiger charge is -2.48. The van der Waals surface area contributed by atoms with Crippen LogP contribution in [0.15, 0.2) is 24.3 Å². The highest BCUT2D eigenvalue weighted by atomic mass is 28.4. The van der Waals surface area contributed by atoms with Crippen LogP contribution in [0.4, 0.5) is 0 Å². The normalized spacial score (nSPS) is 39.8. The minimum Gasteiger partial charge on any atom is -0.411 e. The Morgan fingerprint density at radius 2 is 1.92 bits per heavy atom. The van der Waals surface area contributed by atoms with E-state index < -0.39 is 13.9 Å². The molecule has 0 aromatic rings. The molecule has 2 saturated carbocycles. The molecule has 3 aliphatic carbocycles. The van der Waals surface area contributed by atoms with Crippen molar-refractivity contribution in [2.45, 2.75) is 103 Å². The average molecular weight is 377 g/mol. The Labute approximate surface area is 162 Å². The summed E-state index contributed by atoms with van der Waals surface area (Å²) in [7, 11) is -1.80. The SMILES string of the molecule is C=C[C@@]12CC[C@@H](C[C@@]1(O)C1=C[C@@H](O[Si](C)(C)C(C)(C)C)CCC1)C2(C)C. The van der Waals surface area contributed by atoms with Gasteiger partial charge in [-0.1, -0.05) is 46.8 Å². The van der Waals surface area contributed by atoms with Crippen molar-refractivity contribution in [1.29, 1.82) is 0 Å². The molecule has 0 amide bonds. The second-order valence-corrected chi connectivity index (χ2v) is 16.0. The van der Waals surface area contributed by atoms with Gasteiger partial charge in [-0.05, 0) is 73.6 Å². The Morgan fingerprint density at radius 3 is 2.46 bits per heavy atom. The fourth-order valence-electron chi connectivity index (χ4n) is 5.91. The Morgan fingerprint density at radius 1 is 1.27 bits per heavy atom. The molecule has 0 spiro atoms. The highest BCUT2D eigenvalue weighted by Gasteiger charge is 2.70. The molecule has 1 N–H and O–H groups in total. The van der Waals surface area contributed by atoms with Crippen LogP contribution >= 0.6 is 0 Å². The van der Waals surface area contributed by atoms with Gasteiger partial charge in [0.25, 0.3) is 0 Å². The summed E-state index contributed by atoms with van der Waals surface area (Å²) < 4.78 is 6.70. The quantitative estimate of drug-likeness (QED) is 0.465. The van der Waals surface area contributed by atoms with Gasteiger partial charge in [0, 0.05) is 5.41 Å². The molecule has 0 heterocycles. The molecule has 26 heavy (non-hydrogen) atoms. The highest BCUT2D eigenvalue weighted by molar-refractivity contribution is 6.74. The van der Waals surface area contributed by atoms with E-state index in [0.717, 1.165) is 32.1 Å². The van der Waals surface area contributed by atoms with Crippen molar-refractivity contribution in [2.75, 3.05) is 0 Å². The lowest BCUT2D eigenvalue weighted by molar-refractivity contribution is -0.0447. The summed E-state index contributed by atoms with van der Waals surface area (Å²) in [5, 5.41) is 12.2. The van der Waals surface area contributed by atoms with Crippen molar-refractivity contribution in [2.24, 2.45) is 16.7 Å². The van der Waals surface area contributed by atoms with Gasteiger partial charge in [-0.3, -0.25) is 0 Å². The molecule has 0 aromatic carbocycles. The number of rotatable bonds is 4. The van der Waals surface area contributed by atoms with Crippen LogP contribution in [-0.4, -0.2) is 25.1 Å². The molecule has 0 unspecified atom stereocenters. The van der Waals surface area contributed by atoms with E-state index in [-0.39, 0.29) is 22.0 Å². The van der Waals surface area contributed by atoms with E-state index in [9.17, 15) is 5.11 Å². The van der Waals surface area contributed by atoms with Gasteiger partial charge in [-0.15, -0.1) is 6.58 Å².